The Kier molecular flexibility index (Phi) is 3.49. The van der Waals surface area contributed by atoms with Crippen molar-refractivity contribution in [3.63, 3.8) is 0 Å². The first-order valence-corrected chi connectivity index (χ1v) is 4.83. The first-order chi connectivity index (χ1) is 6.20. The predicted molar refractivity (Wildman–Crippen MR) is 55.2 cm³/mol. The molecule has 1 aromatic carbocycles. The van der Waals surface area contributed by atoms with Gasteiger partial charge >= 0.3 is 0 Å². The van der Waals surface area contributed by atoms with Crippen molar-refractivity contribution in [3.05, 3.63) is 34.9 Å². The molecular formula is C11H13ClO. The highest BCUT2D eigenvalue weighted by atomic mass is 35.5. The number of alkyl halides is 1. The summed E-state index contributed by atoms with van der Waals surface area (Å²) in [6.07, 6.45) is 0.957. The van der Waals surface area contributed by atoms with Gasteiger partial charge in [-0.1, -0.05) is 25.1 Å². The fourth-order valence-corrected chi connectivity index (χ4v) is 1.81. The molecule has 0 saturated carbocycles. The average Bonchev–Trinajstić information content (AvgIpc) is 2.16. The molecule has 0 aliphatic carbocycles. The highest BCUT2D eigenvalue weighted by molar-refractivity contribution is 6.17. The summed E-state index contributed by atoms with van der Waals surface area (Å²) < 4.78 is 0. The molecule has 0 fully saturated rings. The molecule has 0 aliphatic rings. The number of hydrogen-bond donors (Lipinski definition) is 0. The van der Waals surface area contributed by atoms with E-state index in [0.717, 1.165) is 23.0 Å². The van der Waals surface area contributed by atoms with E-state index in [1.807, 2.05) is 32.0 Å². The number of benzene rings is 1. The van der Waals surface area contributed by atoms with Crippen molar-refractivity contribution in [2.45, 2.75) is 25.6 Å². The van der Waals surface area contributed by atoms with Crippen LogP contribution in [0.4, 0.5) is 0 Å². The van der Waals surface area contributed by atoms with E-state index in [4.69, 9.17) is 11.6 Å². The summed E-state index contributed by atoms with van der Waals surface area (Å²) in [7, 11) is 0. The monoisotopic (exact) mass is 196 g/mol. The molecule has 1 aromatic rings. The quantitative estimate of drug-likeness (QED) is 0.537. The molecule has 70 valence electrons. The van der Waals surface area contributed by atoms with Crippen molar-refractivity contribution in [2.24, 2.45) is 0 Å². The van der Waals surface area contributed by atoms with Crippen LogP contribution in [-0.2, 0) is 10.7 Å². The Morgan fingerprint density at radius 2 is 2.23 bits per heavy atom. The Morgan fingerprint density at radius 3 is 2.77 bits per heavy atom. The van der Waals surface area contributed by atoms with Crippen molar-refractivity contribution < 1.29 is 4.79 Å². The SMILES string of the molecule is Cc1cccc(CCl)c1C(C)C=O. The molecule has 0 aliphatic heterocycles. The van der Waals surface area contributed by atoms with Crippen LogP contribution in [0.5, 0.6) is 0 Å². The summed E-state index contributed by atoms with van der Waals surface area (Å²) in [6.45, 7) is 3.90. The first kappa shape index (κ1) is 10.3. The van der Waals surface area contributed by atoms with Crippen LogP contribution in [0.15, 0.2) is 18.2 Å². The van der Waals surface area contributed by atoms with E-state index in [1.165, 1.54) is 0 Å². The number of carbonyl (C=O) groups excluding carboxylic acids is 1. The minimum absolute atomic E-state index is 0.0602. The van der Waals surface area contributed by atoms with Gasteiger partial charge in [-0.3, -0.25) is 0 Å². The van der Waals surface area contributed by atoms with Crippen LogP contribution in [0.3, 0.4) is 0 Å². The molecule has 0 N–H and O–H groups in total. The molecule has 0 heterocycles. The molecule has 0 aromatic heterocycles. The van der Waals surface area contributed by atoms with Gasteiger partial charge in [0.2, 0.25) is 0 Å². The topological polar surface area (TPSA) is 17.1 Å². The van der Waals surface area contributed by atoms with Gasteiger partial charge in [-0.05, 0) is 23.6 Å². The second kappa shape index (κ2) is 4.43. The fourth-order valence-electron chi connectivity index (χ4n) is 1.58. The van der Waals surface area contributed by atoms with Crippen LogP contribution in [-0.4, -0.2) is 6.29 Å². The molecule has 13 heavy (non-hydrogen) atoms. The third-order valence-corrected chi connectivity index (χ3v) is 2.51. The minimum Gasteiger partial charge on any atom is -0.303 e. The van der Waals surface area contributed by atoms with Crippen LogP contribution >= 0.6 is 11.6 Å². The lowest BCUT2D eigenvalue weighted by molar-refractivity contribution is -0.108. The second-order valence-corrected chi connectivity index (χ2v) is 3.47. The van der Waals surface area contributed by atoms with Crippen LogP contribution < -0.4 is 0 Å². The summed E-state index contributed by atoms with van der Waals surface area (Å²) >= 11 is 5.79. The first-order valence-electron chi connectivity index (χ1n) is 4.30. The molecule has 2 heteroatoms. The zero-order chi connectivity index (χ0) is 9.84. The third-order valence-electron chi connectivity index (χ3n) is 2.22. The largest absolute Gasteiger partial charge is 0.303 e. The van der Waals surface area contributed by atoms with Gasteiger partial charge < -0.3 is 4.79 Å². The van der Waals surface area contributed by atoms with E-state index < -0.39 is 0 Å². The van der Waals surface area contributed by atoms with Crippen LogP contribution in [0.2, 0.25) is 0 Å². The highest BCUT2D eigenvalue weighted by Gasteiger charge is 2.11. The maximum atomic E-state index is 10.7. The lowest BCUT2D eigenvalue weighted by Gasteiger charge is -2.12. The average molecular weight is 197 g/mol. The zero-order valence-electron chi connectivity index (χ0n) is 7.88. The Labute approximate surface area is 83.7 Å². The zero-order valence-corrected chi connectivity index (χ0v) is 8.64. The van der Waals surface area contributed by atoms with Crippen molar-refractivity contribution in [3.8, 4) is 0 Å². The lowest BCUT2D eigenvalue weighted by Crippen LogP contribution is -2.01. The molecular weight excluding hydrogens is 184 g/mol. The molecule has 1 unspecified atom stereocenters. The Balaban J connectivity index is 3.22. The number of hydrogen-bond acceptors (Lipinski definition) is 1. The van der Waals surface area contributed by atoms with Crippen LogP contribution in [0.25, 0.3) is 0 Å². The van der Waals surface area contributed by atoms with E-state index in [2.05, 4.69) is 0 Å². The molecule has 0 radical (unpaired) electrons. The summed E-state index contributed by atoms with van der Waals surface area (Å²) in [5.74, 6) is 0.407. The second-order valence-electron chi connectivity index (χ2n) is 3.21. The van der Waals surface area contributed by atoms with Gasteiger partial charge in [0.15, 0.2) is 0 Å². The molecule has 0 saturated heterocycles. The molecule has 0 spiro atoms. The maximum absolute atomic E-state index is 10.7. The molecule has 1 rings (SSSR count). The van der Waals surface area contributed by atoms with E-state index in [-0.39, 0.29) is 5.92 Å². The number of rotatable bonds is 3. The smallest absolute Gasteiger partial charge is 0.127 e. The van der Waals surface area contributed by atoms with Gasteiger partial charge in [0.25, 0.3) is 0 Å². The molecule has 0 amide bonds. The lowest BCUT2D eigenvalue weighted by atomic mass is 9.93. The van der Waals surface area contributed by atoms with Crippen molar-refractivity contribution in [2.75, 3.05) is 0 Å². The number of carbonyl (C=O) groups is 1. The van der Waals surface area contributed by atoms with E-state index in [1.54, 1.807) is 0 Å². The van der Waals surface area contributed by atoms with Gasteiger partial charge in [0.1, 0.15) is 6.29 Å². The minimum atomic E-state index is -0.0602. The van der Waals surface area contributed by atoms with Gasteiger partial charge in [-0.15, -0.1) is 11.6 Å². The van der Waals surface area contributed by atoms with Crippen LogP contribution in [0.1, 0.15) is 29.5 Å². The van der Waals surface area contributed by atoms with E-state index in [9.17, 15) is 4.79 Å². The molecule has 1 nitrogen and oxygen atoms in total. The van der Waals surface area contributed by atoms with Gasteiger partial charge in [0, 0.05) is 11.8 Å². The van der Waals surface area contributed by atoms with Crippen molar-refractivity contribution >= 4 is 17.9 Å². The Bertz CT molecular complexity index is 307. The third kappa shape index (κ3) is 2.10. The molecule has 0 bridgehead atoms. The summed E-state index contributed by atoms with van der Waals surface area (Å²) in [4.78, 5) is 10.7. The normalized spacial score (nSPS) is 12.5. The number of aldehydes is 1. The van der Waals surface area contributed by atoms with E-state index in [0.29, 0.717) is 5.88 Å². The standard InChI is InChI=1S/C11H13ClO/c1-8-4-3-5-10(6-12)11(8)9(2)7-13/h3-5,7,9H,6H2,1-2H3. The van der Waals surface area contributed by atoms with E-state index >= 15 is 0 Å². The molecule has 1 atom stereocenters. The highest BCUT2D eigenvalue weighted by Crippen LogP contribution is 2.23. The van der Waals surface area contributed by atoms with Gasteiger partial charge in [-0.2, -0.15) is 0 Å². The summed E-state index contributed by atoms with van der Waals surface area (Å²) in [6, 6.07) is 5.94. The summed E-state index contributed by atoms with van der Waals surface area (Å²) in [5, 5.41) is 0. The fraction of sp³-hybridized carbons (Fsp3) is 0.364. The predicted octanol–water partition coefficient (Wildman–Crippen LogP) is 3.04. The van der Waals surface area contributed by atoms with Gasteiger partial charge in [-0.25, -0.2) is 0 Å². The number of aryl methyl sites for hydroxylation is 1. The Hall–Kier alpha value is -0.820. The number of halogens is 1. The summed E-state index contributed by atoms with van der Waals surface area (Å²) in [5.41, 5.74) is 3.27. The van der Waals surface area contributed by atoms with Crippen LogP contribution in [0, 0.1) is 6.92 Å². The van der Waals surface area contributed by atoms with Gasteiger partial charge in [0.05, 0.1) is 0 Å². The Morgan fingerprint density at radius 1 is 1.54 bits per heavy atom. The van der Waals surface area contributed by atoms with Crippen molar-refractivity contribution in [1.82, 2.24) is 0 Å². The van der Waals surface area contributed by atoms with Crippen molar-refractivity contribution in [1.29, 1.82) is 0 Å². The maximum Gasteiger partial charge on any atom is 0.127 e.